The van der Waals surface area contributed by atoms with E-state index in [2.05, 4.69) is 10.3 Å². The van der Waals surface area contributed by atoms with Crippen molar-refractivity contribution in [2.24, 2.45) is 0 Å². The first-order chi connectivity index (χ1) is 11.1. The molecule has 1 fully saturated rings. The molecular weight excluding hydrogens is 320 g/mol. The first kappa shape index (κ1) is 14.5. The van der Waals surface area contributed by atoms with Crippen LogP contribution in [-0.4, -0.2) is 50.1 Å². The normalized spacial score (nSPS) is 23.3. The molecule has 0 radical (unpaired) electrons. The molecule has 2 aliphatic rings. The van der Waals surface area contributed by atoms with Crippen LogP contribution >= 0.6 is 11.6 Å². The first-order valence-corrected chi connectivity index (χ1v) is 7.80. The number of phenols is 1. The quantitative estimate of drug-likeness (QED) is 0.857. The third kappa shape index (κ3) is 2.46. The summed E-state index contributed by atoms with van der Waals surface area (Å²) in [5.74, 6) is -0.146. The minimum Gasteiger partial charge on any atom is -0.506 e. The molecule has 2 aromatic rings. The number of fused-ring (bicyclic) bond motifs is 3. The number of likely N-dealkylation sites (tertiary alicyclic amines) is 1. The zero-order chi connectivity index (χ0) is 16.0. The lowest BCUT2D eigenvalue weighted by Crippen LogP contribution is -2.49. The molecule has 1 aromatic heterocycles. The fraction of sp³-hybridized carbons (Fsp3) is 0.400. The van der Waals surface area contributed by atoms with Crippen molar-refractivity contribution in [3.05, 3.63) is 40.7 Å². The smallest absolute Gasteiger partial charge is 0.253 e. The molecule has 3 heterocycles. The third-order valence-electron chi connectivity index (χ3n) is 4.41. The highest BCUT2D eigenvalue weighted by molar-refractivity contribution is 6.32. The van der Waals surface area contributed by atoms with Crippen molar-refractivity contribution in [3.63, 3.8) is 0 Å². The molecule has 0 spiro atoms. The summed E-state index contributed by atoms with van der Waals surface area (Å²) in [7, 11) is 0. The predicted molar refractivity (Wildman–Crippen MR) is 81.3 cm³/mol. The van der Waals surface area contributed by atoms with Crippen molar-refractivity contribution >= 4 is 17.5 Å². The maximum Gasteiger partial charge on any atom is 0.253 e. The Labute approximate surface area is 137 Å². The van der Waals surface area contributed by atoms with Gasteiger partial charge in [-0.3, -0.25) is 4.79 Å². The molecule has 7 nitrogen and oxygen atoms in total. The molecular formula is C15H15ClN4O3. The number of hydrogen-bond acceptors (Lipinski definition) is 5. The van der Waals surface area contributed by atoms with Crippen LogP contribution in [0, 0.1) is 0 Å². The lowest BCUT2D eigenvalue weighted by molar-refractivity contribution is -0.0605. The van der Waals surface area contributed by atoms with Crippen LogP contribution in [0.1, 0.15) is 28.5 Å². The summed E-state index contributed by atoms with van der Waals surface area (Å²) in [5.41, 5.74) is 1.38. The number of halogens is 1. The Morgan fingerprint density at radius 3 is 3.13 bits per heavy atom. The molecule has 1 aromatic carbocycles. The largest absolute Gasteiger partial charge is 0.506 e. The van der Waals surface area contributed by atoms with Crippen LogP contribution in [0.15, 0.2) is 24.4 Å². The standard InChI is InChI=1S/C15H15ClN4O3/c16-11-5-9(1-2-13(11)21)15(22)19-4-3-14-12(7-19)20-10(8-23-14)6-17-18-20/h1-2,5-6,12,14,21H,3-4,7-8H2/t12-,14+/m0/s1. The second kappa shape index (κ2) is 5.50. The minimum atomic E-state index is -0.113. The Morgan fingerprint density at radius 2 is 2.30 bits per heavy atom. The van der Waals surface area contributed by atoms with E-state index in [1.54, 1.807) is 17.2 Å². The molecule has 1 amide bonds. The Kier molecular flexibility index (Phi) is 3.46. The number of phenolic OH excluding ortho intramolecular Hbond substituents is 1. The number of piperidine rings is 1. The van der Waals surface area contributed by atoms with E-state index >= 15 is 0 Å². The number of carbonyl (C=O) groups excluding carboxylic acids is 1. The SMILES string of the molecule is O=C(c1ccc(O)c(Cl)c1)N1CC[C@H]2OCc3cnnn3[C@H]2C1. The van der Waals surface area contributed by atoms with Gasteiger partial charge in [-0.15, -0.1) is 5.10 Å². The molecule has 4 rings (SSSR count). The van der Waals surface area contributed by atoms with Crippen molar-refractivity contribution in [2.45, 2.75) is 25.2 Å². The number of ether oxygens (including phenoxy) is 1. The highest BCUT2D eigenvalue weighted by Gasteiger charge is 2.38. The first-order valence-electron chi connectivity index (χ1n) is 7.42. The number of aromatic nitrogens is 3. The lowest BCUT2D eigenvalue weighted by Gasteiger charge is -2.41. The van der Waals surface area contributed by atoms with E-state index in [0.29, 0.717) is 25.3 Å². The van der Waals surface area contributed by atoms with Gasteiger partial charge >= 0.3 is 0 Å². The van der Waals surface area contributed by atoms with E-state index < -0.39 is 0 Å². The summed E-state index contributed by atoms with van der Waals surface area (Å²) in [6.07, 6.45) is 2.50. The van der Waals surface area contributed by atoms with Crippen LogP contribution in [0.25, 0.3) is 0 Å². The van der Waals surface area contributed by atoms with Gasteiger partial charge in [-0.1, -0.05) is 16.8 Å². The molecule has 23 heavy (non-hydrogen) atoms. The topological polar surface area (TPSA) is 80.5 Å². The second-order valence-electron chi connectivity index (χ2n) is 5.79. The van der Waals surface area contributed by atoms with Crippen LogP contribution in [0.4, 0.5) is 0 Å². The van der Waals surface area contributed by atoms with Gasteiger partial charge in [0.05, 0.1) is 35.7 Å². The van der Waals surface area contributed by atoms with E-state index in [1.807, 2.05) is 4.68 Å². The van der Waals surface area contributed by atoms with Gasteiger partial charge in [-0.25, -0.2) is 4.68 Å². The summed E-state index contributed by atoms with van der Waals surface area (Å²) in [4.78, 5) is 14.5. The number of benzene rings is 1. The van der Waals surface area contributed by atoms with Crippen LogP contribution in [0.3, 0.4) is 0 Å². The van der Waals surface area contributed by atoms with E-state index in [1.165, 1.54) is 12.1 Å². The number of aromatic hydroxyl groups is 1. The van der Waals surface area contributed by atoms with Gasteiger partial charge in [0.2, 0.25) is 0 Å². The fourth-order valence-corrected chi connectivity index (χ4v) is 3.37. The molecule has 2 atom stereocenters. The molecule has 8 heteroatoms. The Hall–Kier alpha value is -2.12. The number of amides is 1. The van der Waals surface area contributed by atoms with Crippen molar-refractivity contribution < 1.29 is 14.6 Å². The van der Waals surface area contributed by atoms with Gasteiger partial charge in [0, 0.05) is 18.7 Å². The molecule has 2 aliphatic heterocycles. The molecule has 120 valence electrons. The molecule has 0 unspecified atom stereocenters. The van der Waals surface area contributed by atoms with Crippen molar-refractivity contribution in [2.75, 3.05) is 13.1 Å². The van der Waals surface area contributed by atoms with Gasteiger partial charge in [0.15, 0.2) is 0 Å². The zero-order valence-corrected chi connectivity index (χ0v) is 13.0. The molecule has 1 saturated heterocycles. The Balaban J connectivity index is 1.57. The average Bonchev–Trinajstić information content (AvgIpc) is 3.05. The van der Waals surface area contributed by atoms with E-state index in [4.69, 9.17) is 16.3 Å². The van der Waals surface area contributed by atoms with Crippen molar-refractivity contribution in [1.29, 1.82) is 0 Å². The van der Waals surface area contributed by atoms with Gasteiger partial charge < -0.3 is 14.7 Å². The van der Waals surface area contributed by atoms with Crippen LogP contribution in [-0.2, 0) is 11.3 Å². The summed E-state index contributed by atoms with van der Waals surface area (Å²) in [5, 5.41) is 17.7. The number of nitrogens with zero attached hydrogens (tertiary/aromatic N) is 4. The van der Waals surface area contributed by atoms with Gasteiger partial charge in [-0.2, -0.15) is 0 Å². The Morgan fingerprint density at radius 1 is 1.43 bits per heavy atom. The maximum atomic E-state index is 12.7. The minimum absolute atomic E-state index is 0.0217. The van der Waals surface area contributed by atoms with Crippen LogP contribution < -0.4 is 0 Å². The third-order valence-corrected chi connectivity index (χ3v) is 4.71. The van der Waals surface area contributed by atoms with E-state index in [-0.39, 0.29) is 28.8 Å². The van der Waals surface area contributed by atoms with Gasteiger partial charge in [0.1, 0.15) is 5.75 Å². The predicted octanol–water partition coefficient (Wildman–Crippen LogP) is 1.62. The second-order valence-corrected chi connectivity index (χ2v) is 6.20. The van der Waals surface area contributed by atoms with Crippen molar-refractivity contribution in [1.82, 2.24) is 19.9 Å². The van der Waals surface area contributed by atoms with E-state index in [9.17, 15) is 9.90 Å². The summed E-state index contributed by atoms with van der Waals surface area (Å²) in [6.45, 7) is 1.64. The monoisotopic (exact) mass is 334 g/mol. The molecule has 1 N–H and O–H groups in total. The molecule has 0 saturated carbocycles. The molecule has 0 aliphatic carbocycles. The summed E-state index contributed by atoms with van der Waals surface area (Å²) >= 11 is 5.90. The highest BCUT2D eigenvalue weighted by Crippen LogP contribution is 2.31. The summed E-state index contributed by atoms with van der Waals surface area (Å²) < 4.78 is 7.70. The lowest BCUT2D eigenvalue weighted by atomic mass is 9.99. The molecule has 0 bridgehead atoms. The van der Waals surface area contributed by atoms with Gasteiger partial charge in [0.25, 0.3) is 5.91 Å². The Bertz CT molecular complexity index is 763. The van der Waals surface area contributed by atoms with Crippen LogP contribution in [0.2, 0.25) is 5.02 Å². The zero-order valence-electron chi connectivity index (χ0n) is 12.2. The fourth-order valence-electron chi connectivity index (χ4n) is 3.19. The average molecular weight is 335 g/mol. The van der Waals surface area contributed by atoms with E-state index in [0.717, 1.165) is 12.1 Å². The maximum absolute atomic E-state index is 12.7. The van der Waals surface area contributed by atoms with Crippen molar-refractivity contribution in [3.8, 4) is 5.75 Å². The number of carbonyl (C=O) groups is 1. The number of rotatable bonds is 1. The van der Waals surface area contributed by atoms with Gasteiger partial charge in [-0.05, 0) is 24.6 Å². The summed E-state index contributed by atoms with van der Waals surface area (Å²) in [6, 6.07) is 4.48. The number of hydrogen-bond donors (Lipinski definition) is 1. The highest BCUT2D eigenvalue weighted by atomic mass is 35.5. The van der Waals surface area contributed by atoms with Crippen LogP contribution in [0.5, 0.6) is 5.75 Å².